The lowest BCUT2D eigenvalue weighted by Gasteiger charge is -2.28. The van der Waals surface area contributed by atoms with Gasteiger partial charge in [-0.15, -0.1) is 0 Å². The summed E-state index contributed by atoms with van der Waals surface area (Å²) in [5.41, 5.74) is 6.12. The third-order valence-electron chi connectivity index (χ3n) is 4.39. The molecule has 1 saturated carbocycles. The molecule has 1 aromatic rings. The molecule has 1 aromatic carbocycles. The van der Waals surface area contributed by atoms with Gasteiger partial charge in [0.2, 0.25) is 5.91 Å². The molecule has 0 aliphatic heterocycles. The topological polar surface area (TPSA) is 55.1 Å². The van der Waals surface area contributed by atoms with E-state index in [1.54, 1.807) is 0 Å². The van der Waals surface area contributed by atoms with Gasteiger partial charge >= 0.3 is 0 Å². The first-order chi connectivity index (χ1) is 9.45. The highest BCUT2D eigenvalue weighted by molar-refractivity contribution is 6.30. The highest BCUT2D eigenvalue weighted by Gasteiger charge is 2.34. The number of benzene rings is 1. The van der Waals surface area contributed by atoms with Crippen LogP contribution in [0.2, 0.25) is 5.02 Å². The number of nitrogens with two attached hydrogens (primary N) is 1. The van der Waals surface area contributed by atoms with Gasteiger partial charge in [0.05, 0.1) is 5.41 Å². The van der Waals surface area contributed by atoms with E-state index in [-0.39, 0.29) is 11.9 Å². The summed E-state index contributed by atoms with van der Waals surface area (Å²) in [6.45, 7) is 4.50. The molecule has 0 radical (unpaired) electrons. The van der Waals surface area contributed by atoms with Crippen molar-refractivity contribution in [3.8, 4) is 0 Å². The van der Waals surface area contributed by atoms with Crippen LogP contribution in [0.4, 0.5) is 0 Å². The Morgan fingerprint density at radius 2 is 2.20 bits per heavy atom. The largest absolute Gasteiger partial charge is 0.352 e. The summed E-state index contributed by atoms with van der Waals surface area (Å²) in [5.74, 6) is 0.458. The summed E-state index contributed by atoms with van der Waals surface area (Å²) in [4.78, 5) is 12.6. The number of halogens is 1. The van der Waals surface area contributed by atoms with E-state index >= 15 is 0 Å². The van der Waals surface area contributed by atoms with Crippen LogP contribution in [-0.4, -0.2) is 18.5 Å². The van der Waals surface area contributed by atoms with Gasteiger partial charge < -0.3 is 11.1 Å². The molecule has 0 bridgehead atoms. The predicted molar refractivity (Wildman–Crippen MR) is 82.8 cm³/mol. The molecule has 0 aromatic heterocycles. The lowest BCUT2D eigenvalue weighted by atomic mass is 9.83. The molecular formula is C16H23ClN2O. The summed E-state index contributed by atoms with van der Waals surface area (Å²) in [6.07, 6.45) is 3.28. The first kappa shape index (κ1) is 15.3. The Balaban J connectivity index is 2.11. The van der Waals surface area contributed by atoms with Crippen molar-refractivity contribution in [3.63, 3.8) is 0 Å². The van der Waals surface area contributed by atoms with E-state index in [9.17, 15) is 4.79 Å². The minimum atomic E-state index is -0.591. The van der Waals surface area contributed by atoms with E-state index in [0.29, 0.717) is 17.5 Å². The van der Waals surface area contributed by atoms with Gasteiger partial charge in [0.15, 0.2) is 0 Å². The second-order valence-corrected chi connectivity index (χ2v) is 6.58. The number of nitrogens with one attached hydrogen (secondary N) is 1. The average Bonchev–Trinajstić information content (AvgIpc) is 2.86. The molecule has 1 fully saturated rings. The second-order valence-electron chi connectivity index (χ2n) is 6.14. The van der Waals surface area contributed by atoms with Gasteiger partial charge in [-0.1, -0.05) is 30.2 Å². The summed E-state index contributed by atoms with van der Waals surface area (Å²) in [7, 11) is 0. The maximum Gasteiger partial charge on any atom is 0.230 e. The van der Waals surface area contributed by atoms with Crippen molar-refractivity contribution >= 4 is 17.5 Å². The Labute approximate surface area is 125 Å². The Kier molecular flexibility index (Phi) is 4.71. The Bertz CT molecular complexity index is 487. The van der Waals surface area contributed by atoms with Crippen LogP contribution in [0.3, 0.4) is 0 Å². The maximum absolute atomic E-state index is 12.6. The van der Waals surface area contributed by atoms with E-state index in [4.69, 9.17) is 17.3 Å². The molecule has 3 N–H and O–H groups in total. The van der Waals surface area contributed by atoms with Gasteiger partial charge in [0, 0.05) is 11.1 Å². The minimum absolute atomic E-state index is 0.0464. The van der Waals surface area contributed by atoms with Crippen molar-refractivity contribution in [1.29, 1.82) is 0 Å². The number of carbonyl (C=O) groups excluding carboxylic acids is 1. The Morgan fingerprint density at radius 1 is 1.45 bits per heavy atom. The molecule has 3 nitrogen and oxygen atoms in total. The normalized spacial score (nSPS) is 22.8. The van der Waals surface area contributed by atoms with Gasteiger partial charge in [-0.05, 0) is 56.8 Å². The molecule has 110 valence electrons. The number of carbonyl (C=O) groups is 1. The van der Waals surface area contributed by atoms with Crippen molar-refractivity contribution in [2.24, 2.45) is 11.7 Å². The molecule has 1 amide bonds. The highest BCUT2D eigenvalue weighted by Crippen LogP contribution is 2.29. The molecule has 1 aliphatic carbocycles. The molecule has 0 heterocycles. The third-order valence-corrected chi connectivity index (χ3v) is 4.63. The van der Waals surface area contributed by atoms with E-state index in [1.807, 2.05) is 38.1 Å². The van der Waals surface area contributed by atoms with Crippen LogP contribution in [0.5, 0.6) is 0 Å². The van der Waals surface area contributed by atoms with Gasteiger partial charge in [-0.3, -0.25) is 4.79 Å². The zero-order valence-corrected chi connectivity index (χ0v) is 12.9. The molecule has 2 atom stereocenters. The van der Waals surface area contributed by atoms with Crippen molar-refractivity contribution in [2.45, 2.75) is 44.6 Å². The first-order valence-electron chi connectivity index (χ1n) is 7.22. The minimum Gasteiger partial charge on any atom is -0.352 e. The second kappa shape index (κ2) is 6.15. The molecule has 0 saturated heterocycles. The van der Waals surface area contributed by atoms with Crippen LogP contribution in [0.25, 0.3) is 0 Å². The zero-order valence-electron chi connectivity index (χ0n) is 12.2. The van der Waals surface area contributed by atoms with E-state index < -0.39 is 5.41 Å². The lowest BCUT2D eigenvalue weighted by Crippen LogP contribution is -2.47. The van der Waals surface area contributed by atoms with Crippen molar-refractivity contribution in [2.75, 3.05) is 6.54 Å². The Hall–Kier alpha value is -1.06. The summed E-state index contributed by atoms with van der Waals surface area (Å²) < 4.78 is 0. The highest BCUT2D eigenvalue weighted by atomic mass is 35.5. The average molecular weight is 295 g/mol. The molecule has 0 spiro atoms. The summed E-state index contributed by atoms with van der Waals surface area (Å²) in [5, 5.41) is 3.83. The van der Waals surface area contributed by atoms with Crippen LogP contribution in [-0.2, 0) is 10.2 Å². The molecule has 4 heteroatoms. The van der Waals surface area contributed by atoms with Crippen LogP contribution >= 0.6 is 11.6 Å². The van der Waals surface area contributed by atoms with Gasteiger partial charge in [-0.2, -0.15) is 0 Å². The van der Waals surface area contributed by atoms with Crippen LogP contribution in [0, 0.1) is 5.92 Å². The van der Waals surface area contributed by atoms with Crippen LogP contribution in [0.15, 0.2) is 24.3 Å². The zero-order chi connectivity index (χ0) is 14.8. The van der Waals surface area contributed by atoms with E-state index in [0.717, 1.165) is 24.8 Å². The van der Waals surface area contributed by atoms with Crippen LogP contribution in [0.1, 0.15) is 38.7 Å². The maximum atomic E-state index is 12.6. The quantitative estimate of drug-likeness (QED) is 0.897. The standard InChI is InChI=1S/C16H23ClN2O/c1-16(2,12-6-4-7-13(17)9-12)15(20)19-14-8-3-5-11(14)10-18/h4,6-7,9,11,14H,3,5,8,10,18H2,1-2H3,(H,19,20). The van der Waals surface area contributed by atoms with Crippen molar-refractivity contribution < 1.29 is 4.79 Å². The molecule has 1 aliphatic rings. The number of rotatable bonds is 4. The third kappa shape index (κ3) is 3.15. The lowest BCUT2D eigenvalue weighted by molar-refractivity contribution is -0.126. The fraction of sp³-hybridized carbons (Fsp3) is 0.562. The fourth-order valence-corrected chi connectivity index (χ4v) is 3.06. The SMILES string of the molecule is CC(C)(C(=O)NC1CCCC1CN)c1cccc(Cl)c1. The monoisotopic (exact) mass is 294 g/mol. The fourth-order valence-electron chi connectivity index (χ4n) is 2.87. The summed E-state index contributed by atoms with van der Waals surface area (Å²) >= 11 is 6.02. The van der Waals surface area contributed by atoms with Crippen LogP contribution < -0.4 is 11.1 Å². The van der Waals surface area contributed by atoms with Crippen molar-refractivity contribution in [3.05, 3.63) is 34.9 Å². The van der Waals surface area contributed by atoms with E-state index in [2.05, 4.69) is 5.32 Å². The first-order valence-corrected chi connectivity index (χ1v) is 7.60. The molecular weight excluding hydrogens is 272 g/mol. The smallest absolute Gasteiger partial charge is 0.230 e. The summed E-state index contributed by atoms with van der Waals surface area (Å²) in [6, 6.07) is 7.72. The predicted octanol–water partition coefficient (Wildman–Crippen LogP) is 2.86. The Morgan fingerprint density at radius 3 is 2.85 bits per heavy atom. The van der Waals surface area contributed by atoms with Gasteiger partial charge in [0.25, 0.3) is 0 Å². The van der Waals surface area contributed by atoms with Gasteiger partial charge in [-0.25, -0.2) is 0 Å². The van der Waals surface area contributed by atoms with Crippen molar-refractivity contribution in [1.82, 2.24) is 5.32 Å². The molecule has 20 heavy (non-hydrogen) atoms. The number of hydrogen-bond donors (Lipinski definition) is 2. The molecule has 2 rings (SSSR count). The van der Waals surface area contributed by atoms with Gasteiger partial charge in [0.1, 0.15) is 0 Å². The number of amides is 1. The molecule has 2 unspecified atom stereocenters. The number of hydrogen-bond acceptors (Lipinski definition) is 2. The van der Waals surface area contributed by atoms with E-state index in [1.165, 1.54) is 0 Å².